The number of nitrogens with zero attached hydrogens (tertiary/aromatic N) is 3. The summed E-state index contributed by atoms with van der Waals surface area (Å²) >= 11 is 3.65. The minimum Gasteiger partial charge on any atom is -0.256 e. The molecule has 0 fully saturated rings. The molecule has 0 bridgehead atoms. The highest BCUT2D eigenvalue weighted by Gasteiger charge is 2.13. The van der Waals surface area contributed by atoms with Crippen molar-refractivity contribution in [3.05, 3.63) is 102 Å². The van der Waals surface area contributed by atoms with Crippen LogP contribution in [0.15, 0.2) is 102 Å². The summed E-state index contributed by atoms with van der Waals surface area (Å²) in [7, 11) is 0. The van der Waals surface area contributed by atoms with Gasteiger partial charge in [0.1, 0.15) is 0 Å². The van der Waals surface area contributed by atoms with Gasteiger partial charge in [-0.25, -0.2) is 0 Å². The molecule has 3 nitrogen and oxygen atoms in total. The van der Waals surface area contributed by atoms with Gasteiger partial charge in [-0.3, -0.25) is 15.0 Å². The summed E-state index contributed by atoms with van der Waals surface area (Å²) in [5.74, 6) is 0. The largest absolute Gasteiger partial charge is 0.256 e. The molecule has 0 saturated carbocycles. The Balaban J connectivity index is 1.60. The Morgan fingerprint density at radius 2 is 1.23 bits per heavy atom. The van der Waals surface area contributed by atoms with Crippen molar-refractivity contribution in [1.82, 2.24) is 15.0 Å². The van der Waals surface area contributed by atoms with Gasteiger partial charge in [0.15, 0.2) is 0 Å². The van der Waals surface area contributed by atoms with E-state index in [1.165, 1.54) is 0 Å². The van der Waals surface area contributed by atoms with E-state index in [4.69, 9.17) is 4.98 Å². The first-order valence-electron chi connectivity index (χ1n) is 10.1. The molecule has 0 unspecified atom stereocenters. The highest BCUT2D eigenvalue weighted by atomic mass is 79.9. The number of aromatic nitrogens is 3. The molecule has 0 aliphatic heterocycles. The van der Waals surface area contributed by atoms with Crippen molar-refractivity contribution >= 4 is 48.6 Å². The summed E-state index contributed by atoms with van der Waals surface area (Å²) in [5, 5.41) is 3.30. The summed E-state index contributed by atoms with van der Waals surface area (Å²) in [5.41, 5.74) is 7.27. The molecule has 0 N–H and O–H groups in total. The number of hydrogen-bond donors (Lipinski definition) is 0. The Morgan fingerprint density at radius 3 is 2.10 bits per heavy atom. The van der Waals surface area contributed by atoms with Gasteiger partial charge in [-0.05, 0) is 41.5 Å². The van der Waals surface area contributed by atoms with E-state index in [0.29, 0.717) is 0 Å². The maximum Gasteiger partial charge on any atom is 0.0964 e. The molecule has 0 aliphatic carbocycles. The zero-order chi connectivity index (χ0) is 20.8. The smallest absolute Gasteiger partial charge is 0.0964 e. The van der Waals surface area contributed by atoms with Gasteiger partial charge in [-0.2, -0.15) is 0 Å². The predicted molar refractivity (Wildman–Crippen MR) is 131 cm³/mol. The molecule has 0 radical (unpaired) electrons. The molecular weight excluding hydrogens is 446 g/mol. The van der Waals surface area contributed by atoms with Gasteiger partial charge in [0.05, 0.1) is 16.6 Å². The van der Waals surface area contributed by atoms with Crippen LogP contribution in [0.25, 0.3) is 55.0 Å². The first-order chi connectivity index (χ1) is 15.3. The average molecular weight is 462 g/mol. The zero-order valence-electron chi connectivity index (χ0n) is 16.5. The van der Waals surface area contributed by atoms with Crippen LogP contribution >= 0.6 is 15.9 Å². The van der Waals surface area contributed by atoms with Crippen LogP contribution in [0.3, 0.4) is 0 Å². The Morgan fingerprint density at radius 1 is 0.516 bits per heavy atom. The van der Waals surface area contributed by atoms with E-state index in [2.05, 4.69) is 92.6 Å². The molecule has 0 saturated heterocycles. The van der Waals surface area contributed by atoms with Gasteiger partial charge in [0.25, 0.3) is 0 Å². The predicted octanol–water partition coefficient (Wildman–Crippen LogP) is 7.43. The lowest BCUT2D eigenvalue weighted by Gasteiger charge is -2.13. The monoisotopic (exact) mass is 461 g/mol. The zero-order valence-corrected chi connectivity index (χ0v) is 18.0. The van der Waals surface area contributed by atoms with Crippen molar-refractivity contribution < 1.29 is 0 Å². The fourth-order valence-electron chi connectivity index (χ4n) is 4.20. The number of fused-ring (bicyclic) bond motifs is 4. The van der Waals surface area contributed by atoms with Crippen LogP contribution in [-0.4, -0.2) is 15.0 Å². The average Bonchev–Trinajstić information content (AvgIpc) is 2.83. The quantitative estimate of drug-likeness (QED) is 0.251. The second-order valence-corrected chi connectivity index (χ2v) is 8.42. The SMILES string of the molecule is Brc1ccc(-c2cnc3c(ccc4cccnc43)c2)c(-c2cccc3cccnc23)c1. The molecule has 31 heavy (non-hydrogen) atoms. The minimum atomic E-state index is 0.923. The van der Waals surface area contributed by atoms with Crippen LogP contribution in [0.1, 0.15) is 0 Å². The molecule has 6 rings (SSSR count). The van der Waals surface area contributed by atoms with Gasteiger partial charge in [0, 0.05) is 50.3 Å². The van der Waals surface area contributed by atoms with Gasteiger partial charge < -0.3 is 0 Å². The third-order valence-electron chi connectivity index (χ3n) is 5.64. The molecule has 0 amide bonds. The fourth-order valence-corrected chi connectivity index (χ4v) is 4.56. The number of benzene rings is 3. The van der Waals surface area contributed by atoms with Crippen molar-refractivity contribution in [2.24, 2.45) is 0 Å². The first kappa shape index (κ1) is 18.2. The van der Waals surface area contributed by atoms with E-state index >= 15 is 0 Å². The molecule has 0 spiro atoms. The van der Waals surface area contributed by atoms with E-state index in [9.17, 15) is 0 Å². The molecule has 0 atom stereocenters. The molecule has 146 valence electrons. The Kier molecular flexibility index (Phi) is 4.25. The lowest BCUT2D eigenvalue weighted by molar-refractivity contribution is 1.37. The second-order valence-electron chi connectivity index (χ2n) is 7.51. The van der Waals surface area contributed by atoms with E-state index < -0.39 is 0 Å². The van der Waals surface area contributed by atoms with Crippen LogP contribution in [-0.2, 0) is 0 Å². The maximum atomic E-state index is 4.82. The fraction of sp³-hybridized carbons (Fsp3) is 0. The molecule has 4 heteroatoms. The topological polar surface area (TPSA) is 38.7 Å². The van der Waals surface area contributed by atoms with E-state index in [1.54, 1.807) is 0 Å². The molecule has 0 aliphatic rings. The van der Waals surface area contributed by atoms with Crippen LogP contribution in [0.5, 0.6) is 0 Å². The Labute approximate surface area is 187 Å². The highest BCUT2D eigenvalue weighted by molar-refractivity contribution is 9.10. The van der Waals surface area contributed by atoms with Gasteiger partial charge in [0.2, 0.25) is 0 Å². The summed E-state index contributed by atoms with van der Waals surface area (Å²) in [4.78, 5) is 14.0. The van der Waals surface area contributed by atoms with Crippen LogP contribution in [0, 0.1) is 0 Å². The standard InChI is InChI=1S/C27H16BrN3/c28-21-10-11-22(24(15-21)23-7-1-4-17-5-2-12-29-25(17)23)20-14-19-9-8-18-6-3-13-30-26(18)27(19)31-16-20/h1-16H. The number of halogens is 1. The van der Waals surface area contributed by atoms with Crippen molar-refractivity contribution in [2.45, 2.75) is 0 Å². The van der Waals surface area contributed by atoms with E-state index in [1.807, 2.05) is 30.7 Å². The minimum absolute atomic E-state index is 0.923. The van der Waals surface area contributed by atoms with E-state index in [0.717, 1.165) is 59.4 Å². The molecule has 3 aromatic carbocycles. The van der Waals surface area contributed by atoms with Crippen molar-refractivity contribution in [3.8, 4) is 22.3 Å². The lowest BCUT2D eigenvalue weighted by Crippen LogP contribution is -1.91. The number of para-hydroxylation sites is 1. The summed E-state index contributed by atoms with van der Waals surface area (Å²) in [6.07, 6.45) is 5.61. The van der Waals surface area contributed by atoms with Gasteiger partial charge >= 0.3 is 0 Å². The normalized spacial score (nSPS) is 11.4. The molecule has 6 aromatic rings. The highest BCUT2D eigenvalue weighted by Crippen LogP contribution is 2.38. The first-order valence-corrected chi connectivity index (χ1v) is 10.8. The molecular formula is C27H16BrN3. The third-order valence-corrected chi connectivity index (χ3v) is 6.13. The lowest BCUT2D eigenvalue weighted by atomic mass is 9.93. The number of rotatable bonds is 2. The Hall–Kier alpha value is -3.63. The number of pyridine rings is 3. The van der Waals surface area contributed by atoms with Crippen LogP contribution in [0.4, 0.5) is 0 Å². The maximum absolute atomic E-state index is 4.82. The van der Waals surface area contributed by atoms with Crippen molar-refractivity contribution in [2.75, 3.05) is 0 Å². The number of hydrogen-bond acceptors (Lipinski definition) is 3. The summed E-state index contributed by atoms with van der Waals surface area (Å²) in [6.45, 7) is 0. The van der Waals surface area contributed by atoms with Crippen molar-refractivity contribution in [1.29, 1.82) is 0 Å². The van der Waals surface area contributed by atoms with Crippen LogP contribution in [0.2, 0.25) is 0 Å². The van der Waals surface area contributed by atoms with Gasteiger partial charge in [-0.15, -0.1) is 0 Å². The van der Waals surface area contributed by atoms with Crippen molar-refractivity contribution in [3.63, 3.8) is 0 Å². The molecule has 3 aromatic heterocycles. The molecule has 3 heterocycles. The van der Waals surface area contributed by atoms with E-state index in [-0.39, 0.29) is 0 Å². The summed E-state index contributed by atoms with van der Waals surface area (Å²) in [6, 6.07) is 27.2. The Bertz CT molecular complexity index is 1600. The summed E-state index contributed by atoms with van der Waals surface area (Å²) < 4.78 is 1.03. The second kappa shape index (κ2) is 7.25. The van der Waals surface area contributed by atoms with Gasteiger partial charge in [-0.1, -0.05) is 64.5 Å². The van der Waals surface area contributed by atoms with Crippen LogP contribution < -0.4 is 0 Å². The third kappa shape index (κ3) is 3.07.